The summed E-state index contributed by atoms with van der Waals surface area (Å²) in [6, 6.07) is 18.2. The summed E-state index contributed by atoms with van der Waals surface area (Å²) in [5.74, 6) is -0.390. The van der Waals surface area contributed by atoms with Crippen LogP contribution < -0.4 is 5.32 Å². The van der Waals surface area contributed by atoms with E-state index in [1.807, 2.05) is 60.7 Å². The van der Waals surface area contributed by atoms with E-state index in [1.165, 1.54) is 0 Å². The van der Waals surface area contributed by atoms with Gasteiger partial charge in [-0.05, 0) is 31.9 Å². The van der Waals surface area contributed by atoms with Crippen LogP contribution in [0.4, 0.5) is 4.79 Å². The zero-order valence-corrected chi connectivity index (χ0v) is 15.4. The average Bonchev–Trinajstić information content (AvgIpc) is 2.59. The third-order valence-corrected chi connectivity index (χ3v) is 3.51. The summed E-state index contributed by atoms with van der Waals surface area (Å²) in [6.45, 7) is 5.57. The summed E-state index contributed by atoms with van der Waals surface area (Å²) in [6.07, 6.45) is -0.543. The Morgan fingerprint density at radius 2 is 1.54 bits per heavy atom. The van der Waals surface area contributed by atoms with Gasteiger partial charge >= 0.3 is 12.1 Å². The van der Waals surface area contributed by atoms with Crippen LogP contribution in [-0.4, -0.2) is 17.7 Å². The standard InChI is InChI=1S/C21H25NO4/c1-21(2,3)26-20(24)22-18(17-12-8-5-9-13-17)14-19(23)25-15-16-10-6-4-7-11-16/h4-13,18H,14-15H2,1-3H3,(H,22,24)/t18-/m1/s1. The van der Waals surface area contributed by atoms with Gasteiger partial charge in [0.25, 0.3) is 0 Å². The van der Waals surface area contributed by atoms with Gasteiger partial charge in [-0.3, -0.25) is 4.79 Å². The summed E-state index contributed by atoms with van der Waals surface area (Å²) in [5, 5.41) is 2.76. The molecule has 0 radical (unpaired) electrons. The maximum atomic E-state index is 12.3. The molecule has 1 N–H and O–H groups in total. The lowest BCUT2D eigenvalue weighted by Gasteiger charge is -2.23. The van der Waals surface area contributed by atoms with Gasteiger partial charge in [0.05, 0.1) is 12.5 Å². The highest BCUT2D eigenvalue weighted by atomic mass is 16.6. The van der Waals surface area contributed by atoms with Gasteiger partial charge in [-0.15, -0.1) is 0 Å². The van der Waals surface area contributed by atoms with Crippen LogP contribution in [0.2, 0.25) is 0 Å². The van der Waals surface area contributed by atoms with Crippen LogP contribution in [0.25, 0.3) is 0 Å². The van der Waals surface area contributed by atoms with Crippen molar-refractivity contribution in [2.45, 2.75) is 45.4 Å². The molecule has 2 rings (SSSR count). The van der Waals surface area contributed by atoms with Crippen molar-refractivity contribution >= 4 is 12.1 Å². The molecule has 138 valence electrons. The van der Waals surface area contributed by atoms with Gasteiger partial charge in [-0.2, -0.15) is 0 Å². The molecule has 2 aromatic rings. The van der Waals surface area contributed by atoms with Crippen LogP contribution in [0.1, 0.15) is 44.4 Å². The number of esters is 1. The first kappa shape index (κ1) is 19.5. The van der Waals surface area contributed by atoms with Crippen molar-refractivity contribution < 1.29 is 19.1 Å². The first-order valence-electron chi connectivity index (χ1n) is 8.57. The first-order chi connectivity index (χ1) is 12.3. The van der Waals surface area contributed by atoms with Crippen molar-refractivity contribution in [3.05, 3.63) is 71.8 Å². The number of hydrogen-bond acceptors (Lipinski definition) is 4. The van der Waals surface area contributed by atoms with Crippen LogP contribution in [-0.2, 0) is 20.9 Å². The quantitative estimate of drug-likeness (QED) is 0.781. The molecule has 0 aliphatic rings. The molecule has 0 aromatic heterocycles. The number of carbonyl (C=O) groups excluding carboxylic acids is 2. The fraction of sp³-hybridized carbons (Fsp3) is 0.333. The molecule has 0 fully saturated rings. The Morgan fingerprint density at radius 3 is 2.12 bits per heavy atom. The van der Waals surface area contributed by atoms with Crippen molar-refractivity contribution in [3.8, 4) is 0 Å². The maximum Gasteiger partial charge on any atom is 0.408 e. The van der Waals surface area contributed by atoms with E-state index in [-0.39, 0.29) is 13.0 Å². The van der Waals surface area contributed by atoms with Crippen molar-refractivity contribution in [1.82, 2.24) is 5.32 Å². The molecule has 1 amide bonds. The average molecular weight is 355 g/mol. The molecule has 0 heterocycles. The summed E-state index contributed by atoms with van der Waals surface area (Å²) in [4.78, 5) is 24.4. The normalized spacial score (nSPS) is 12.1. The van der Waals surface area contributed by atoms with Gasteiger partial charge in [0.1, 0.15) is 12.2 Å². The summed E-state index contributed by atoms with van der Waals surface area (Å²) >= 11 is 0. The molecule has 0 saturated carbocycles. The minimum Gasteiger partial charge on any atom is -0.461 e. The van der Waals surface area contributed by atoms with Crippen molar-refractivity contribution in [2.75, 3.05) is 0 Å². The Morgan fingerprint density at radius 1 is 0.962 bits per heavy atom. The molecule has 0 spiro atoms. The van der Waals surface area contributed by atoms with Crippen molar-refractivity contribution in [3.63, 3.8) is 0 Å². The topological polar surface area (TPSA) is 64.6 Å². The molecule has 0 aliphatic heterocycles. The fourth-order valence-corrected chi connectivity index (χ4v) is 2.35. The summed E-state index contributed by atoms with van der Waals surface area (Å²) in [7, 11) is 0. The maximum absolute atomic E-state index is 12.3. The molecule has 0 unspecified atom stereocenters. The number of alkyl carbamates (subject to hydrolysis) is 1. The lowest BCUT2D eigenvalue weighted by atomic mass is 10.0. The smallest absolute Gasteiger partial charge is 0.408 e. The van der Waals surface area contributed by atoms with Crippen LogP contribution in [0.15, 0.2) is 60.7 Å². The number of benzene rings is 2. The predicted molar refractivity (Wildman–Crippen MR) is 99.4 cm³/mol. The van der Waals surface area contributed by atoms with Crippen LogP contribution in [0, 0.1) is 0 Å². The third-order valence-electron chi connectivity index (χ3n) is 3.51. The Bertz CT molecular complexity index is 708. The van der Waals surface area contributed by atoms with E-state index in [2.05, 4.69) is 5.32 Å². The van der Waals surface area contributed by atoms with Crippen LogP contribution in [0.3, 0.4) is 0 Å². The predicted octanol–water partition coefficient (Wildman–Crippen LogP) is 4.39. The zero-order chi connectivity index (χ0) is 19.0. The van der Waals surface area contributed by atoms with Crippen molar-refractivity contribution in [1.29, 1.82) is 0 Å². The number of carbonyl (C=O) groups is 2. The van der Waals surface area contributed by atoms with E-state index in [0.717, 1.165) is 11.1 Å². The number of rotatable bonds is 6. The molecule has 0 aliphatic carbocycles. The minimum absolute atomic E-state index is 0.0239. The van der Waals surface area contributed by atoms with Gasteiger partial charge in [-0.25, -0.2) is 4.79 Å². The molecule has 2 aromatic carbocycles. The summed E-state index contributed by atoms with van der Waals surface area (Å²) in [5.41, 5.74) is 1.12. The van der Waals surface area contributed by atoms with E-state index in [0.29, 0.717) is 0 Å². The first-order valence-corrected chi connectivity index (χ1v) is 8.57. The third kappa shape index (κ3) is 6.97. The lowest BCUT2D eigenvalue weighted by Crippen LogP contribution is -2.36. The van der Waals surface area contributed by atoms with E-state index in [9.17, 15) is 9.59 Å². The Balaban J connectivity index is 1.99. The minimum atomic E-state index is -0.612. The van der Waals surface area contributed by atoms with Crippen molar-refractivity contribution in [2.24, 2.45) is 0 Å². The van der Waals surface area contributed by atoms with Crippen LogP contribution in [0.5, 0.6) is 0 Å². The number of hydrogen-bond donors (Lipinski definition) is 1. The monoisotopic (exact) mass is 355 g/mol. The molecule has 5 heteroatoms. The van der Waals surface area contributed by atoms with E-state index in [1.54, 1.807) is 20.8 Å². The summed E-state index contributed by atoms with van der Waals surface area (Å²) < 4.78 is 10.6. The Labute approximate surface area is 154 Å². The van der Waals surface area contributed by atoms with Gasteiger partial charge in [0.15, 0.2) is 0 Å². The van der Waals surface area contributed by atoms with Gasteiger partial charge < -0.3 is 14.8 Å². The lowest BCUT2D eigenvalue weighted by molar-refractivity contribution is -0.145. The number of amides is 1. The second-order valence-corrected chi connectivity index (χ2v) is 6.96. The zero-order valence-electron chi connectivity index (χ0n) is 15.4. The van der Waals surface area contributed by atoms with Crippen LogP contribution >= 0.6 is 0 Å². The van der Waals surface area contributed by atoms with Gasteiger partial charge in [0.2, 0.25) is 0 Å². The molecule has 26 heavy (non-hydrogen) atoms. The Kier molecular flexibility index (Phi) is 6.78. The molecule has 5 nitrogen and oxygen atoms in total. The number of ether oxygens (including phenoxy) is 2. The molecule has 0 saturated heterocycles. The van der Waals surface area contributed by atoms with Gasteiger partial charge in [-0.1, -0.05) is 60.7 Å². The molecule has 0 bridgehead atoms. The highest BCUT2D eigenvalue weighted by Crippen LogP contribution is 2.19. The molecule has 1 atom stereocenters. The second-order valence-electron chi connectivity index (χ2n) is 6.96. The Hall–Kier alpha value is -2.82. The fourth-order valence-electron chi connectivity index (χ4n) is 2.35. The van der Waals surface area contributed by atoms with Gasteiger partial charge in [0, 0.05) is 0 Å². The molecular formula is C21H25NO4. The highest BCUT2D eigenvalue weighted by molar-refractivity contribution is 5.73. The van der Waals surface area contributed by atoms with E-state index < -0.39 is 23.7 Å². The molecular weight excluding hydrogens is 330 g/mol. The number of nitrogens with one attached hydrogen (secondary N) is 1. The van der Waals surface area contributed by atoms with E-state index >= 15 is 0 Å². The highest BCUT2D eigenvalue weighted by Gasteiger charge is 2.23. The largest absolute Gasteiger partial charge is 0.461 e. The second kappa shape index (κ2) is 9.04. The van der Waals surface area contributed by atoms with E-state index in [4.69, 9.17) is 9.47 Å². The SMILES string of the molecule is CC(C)(C)OC(=O)N[C@H](CC(=O)OCc1ccccc1)c1ccccc1.